The third kappa shape index (κ3) is 3.71. The molecule has 4 heterocycles. The molecule has 0 spiro atoms. The quantitative estimate of drug-likeness (QED) is 0.788. The zero-order valence-corrected chi connectivity index (χ0v) is 16.0. The van der Waals surface area contributed by atoms with E-state index in [1.165, 1.54) is 22.5 Å². The first-order valence-corrected chi connectivity index (χ1v) is 9.72. The lowest BCUT2D eigenvalue weighted by Crippen LogP contribution is -2.49. The van der Waals surface area contributed by atoms with Crippen molar-refractivity contribution >= 4 is 40.8 Å². The average molecular weight is 426 g/mol. The number of carbonyl (C=O) groups excluding carboxylic acids is 2. The van der Waals surface area contributed by atoms with Crippen molar-refractivity contribution in [1.29, 1.82) is 0 Å². The van der Waals surface area contributed by atoms with Gasteiger partial charge in [0.15, 0.2) is 5.82 Å². The first-order valence-electron chi connectivity index (χ1n) is 8.88. The smallest absolute Gasteiger partial charge is 0.366 e. The Morgan fingerprint density at radius 3 is 2.79 bits per heavy atom. The van der Waals surface area contributed by atoms with Crippen LogP contribution in [0, 0.1) is 0 Å². The molecule has 29 heavy (non-hydrogen) atoms. The fraction of sp³-hybridized carbons (Fsp3) is 0.412. The largest absolute Gasteiger partial charge is 0.408 e. The summed E-state index contributed by atoms with van der Waals surface area (Å²) in [6.45, 7) is 2.20. The highest BCUT2D eigenvalue weighted by atomic mass is 32.1. The van der Waals surface area contributed by atoms with Crippen molar-refractivity contribution in [3.05, 3.63) is 29.3 Å². The predicted molar refractivity (Wildman–Crippen MR) is 101 cm³/mol. The summed E-state index contributed by atoms with van der Waals surface area (Å²) >= 11 is 1.19. The number of hydrogen-bond donors (Lipinski definition) is 2. The lowest BCUT2D eigenvalue weighted by molar-refractivity contribution is -0.149. The Morgan fingerprint density at radius 1 is 1.31 bits per heavy atom. The fourth-order valence-corrected chi connectivity index (χ4v) is 3.87. The van der Waals surface area contributed by atoms with Crippen molar-refractivity contribution in [2.45, 2.75) is 31.6 Å². The van der Waals surface area contributed by atoms with Gasteiger partial charge in [-0.2, -0.15) is 17.5 Å². The maximum absolute atomic E-state index is 12.9. The SMILES string of the molecule is C[C@@H](NC(=O)c1ccc2c(n1)N(C(=O)Nc1ccsn1)[C@H]1CCN2C1)C(F)(F)F. The monoisotopic (exact) mass is 426 g/mol. The van der Waals surface area contributed by atoms with Gasteiger partial charge in [0.1, 0.15) is 17.6 Å². The van der Waals surface area contributed by atoms with Crippen LogP contribution in [-0.4, -0.2) is 52.6 Å². The van der Waals surface area contributed by atoms with Gasteiger partial charge in [0.2, 0.25) is 0 Å². The number of pyridine rings is 1. The lowest BCUT2D eigenvalue weighted by Gasteiger charge is -2.35. The van der Waals surface area contributed by atoms with Gasteiger partial charge in [-0.15, -0.1) is 0 Å². The molecule has 2 aromatic heterocycles. The lowest BCUT2D eigenvalue weighted by atomic mass is 10.1. The summed E-state index contributed by atoms with van der Waals surface area (Å²) in [7, 11) is 0. The van der Waals surface area contributed by atoms with Gasteiger partial charge >= 0.3 is 12.2 Å². The Labute approximate surface area is 167 Å². The van der Waals surface area contributed by atoms with Crippen LogP contribution in [0.3, 0.4) is 0 Å². The van der Waals surface area contributed by atoms with Crippen LogP contribution in [0.2, 0.25) is 0 Å². The number of urea groups is 1. The van der Waals surface area contributed by atoms with Gasteiger partial charge in [-0.25, -0.2) is 9.78 Å². The van der Waals surface area contributed by atoms with Crippen LogP contribution < -0.4 is 20.4 Å². The number of halogens is 3. The van der Waals surface area contributed by atoms with Gasteiger partial charge in [-0.3, -0.25) is 15.0 Å². The Hall–Kier alpha value is -2.89. The number of alkyl halides is 3. The maximum atomic E-state index is 12.9. The van der Waals surface area contributed by atoms with Crippen molar-refractivity contribution in [2.24, 2.45) is 0 Å². The Bertz CT molecular complexity index is 936. The van der Waals surface area contributed by atoms with E-state index in [1.807, 2.05) is 10.2 Å². The molecule has 154 valence electrons. The number of amides is 3. The summed E-state index contributed by atoms with van der Waals surface area (Å²) in [5.74, 6) is -0.306. The minimum atomic E-state index is -4.56. The molecule has 0 aliphatic carbocycles. The van der Waals surface area contributed by atoms with Gasteiger partial charge in [0.25, 0.3) is 5.91 Å². The molecule has 2 aliphatic heterocycles. The zero-order chi connectivity index (χ0) is 20.8. The highest BCUT2D eigenvalue weighted by Crippen LogP contribution is 2.39. The van der Waals surface area contributed by atoms with E-state index >= 15 is 0 Å². The molecule has 2 aliphatic rings. The van der Waals surface area contributed by atoms with Crippen LogP contribution in [0.1, 0.15) is 23.8 Å². The molecule has 3 amide bonds. The van der Waals surface area contributed by atoms with Crippen LogP contribution >= 0.6 is 11.5 Å². The van der Waals surface area contributed by atoms with E-state index in [0.29, 0.717) is 24.5 Å². The van der Waals surface area contributed by atoms with E-state index < -0.39 is 24.2 Å². The molecule has 2 bridgehead atoms. The first kappa shape index (κ1) is 19.4. The number of nitrogens with zero attached hydrogens (tertiary/aromatic N) is 4. The summed E-state index contributed by atoms with van der Waals surface area (Å²) in [5, 5.41) is 6.31. The highest BCUT2D eigenvalue weighted by Gasteiger charge is 2.41. The van der Waals surface area contributed by atoms with E-state index in [-0.39, 0.29) is 17.6 Å². The summed E-state index contributed by atoms with van der Waals surface area (Å²) in [4.78, 5) is 32.9. The van der Waals surface area contributed by atoms with Crippen LogP contribution in [-0.2, 0) is 0 Å². The third-order valence-corrected chi connectivity index (χ3v) is 5.47. The molecule has 4 rings (SSSR count). The van der Waals surface area contributed by atoms with E-state index in [1.54, 1.807) is 17.5 Å². The normalized spacial score (nSPS) is 19.0. The molecule has 12 heteroatoms. The third-order valence-electron chi connectivity index (χ3n) is 4.91. The first-order chi connectivity index (χ1) is 13.7. The van der Waals surface area contributed by atoms with Crippen LogP contribution in [0.4, 0.5) is 35.3 Å². The minimum absolute atomic E-state index is 0.152. The van der Waals surface area contributed by atoms with Crippen molar-refractivity contribution in [3.8, 4) is 0 Å². The second-order valence-corrected chi connectivity index (χ2v) is 7.51. The van der Waals surface area contributed by atoms with Crippen molar-refractivity contribution in [1.82, 2.24) is 14.7 Å². The number of fused-ring (bicyclic) bond motifs is 4. The summed E-state index contributed by atoms with van der Waals surface area (Å²) in [5.41, 5.74) is 0.474. The van der Waals surface area contributed by atoms with Crippen molar-refractivity contribution < 1.29 is 22.8 Å². The topological polar surface area (TPSA) is 90.5 Å². The average Bonchev–Trinajstić information content (AvgIpc) is 3.31. The highest BCUT2D eigenvalue weighted by molar-refractivity contribution is 7.03. The number of anilines is 3. The molecule has 0 saturated carbocycles. The van der Waals surface area contributed by atoms with Crippen LogP contribution in [0.5, 0.6) is 0 Å². The van der Waals surface area contributed by atoms with E-state index in [4.69, 9.17) is 0 Å². The van der Waals surface area contributed by atoms with Gasteiger partial charge in [-0.05, 0) is 43.1 Å². The van der Waals surface area contributed by atoms with Crippen molar-refractivity contribution in [2.75, 3.05) is 28.2 Å². The van der Waals surface area contributed by atoms with E-state index in [2.05, 4.69) is 14.7 Å². The molecule has 1 saturated heterocycles. The Morgan fingerprint density at radius 2 is 2.10 bits per heavy atom. The Kier molecular flexibility index (Phi) is 4.81. The molecule has 2 atom stereocenters. The van der Waals surface area contributed by atoms with Crippen molar-refractivity contribution in [3.63, 3.8) is 0 Å². The Balaban J connectivity index is 1.63. The molecule has 1 fully saturated rings. The predicted octanol–water partition coefficient (Wildman–Crippen LogP) is 2.85. The minimum Gasteiger partial charge on any atom is -0.366 e. The van der Waals surface area contributed by atoms with Crippen LogP contribution in [0.25, 0.3) is 0 Å². The van der Waals surface area contributed by atoms with E-state index in [9.17, 15) is 22.8 Å². The summed E-state index contributed by atoms with van der Waals surface area (Å²) in [6.07, 6.45) is -3.85. The maximum Gasteiger partial charge on any atom is 0.408 e. The summed E-state index contributed by atoms with van der Waals surface area (Å²) < 4.78 is 42.3. The molecule has 0 aromatic carbocycles. The molecular weight excluding hydrogens is 409 g/mol. The zero-order valence-electron chi connectivity index (χ0n) is 15.2. The molecule has 2 N–H and O–H groups in total. The van der Waals surface area contributed by atoms with Gasteiger partial charge in [0.05, 0.1) is 11.7 Å². The van der Waals surface area contributed by atoms with Gasteiger partial charge in [-0.1, -0.05) is 0 Å². The van der Waals surface area contributed by atoms with Gasteiger partial charge in [0, 0.05) is 18.5 Å². The van der Waals surface area contributed by atoms with Crippen LogP contribution in [0.15, 0.2) is 23.6 Å². The summed E-state index contributed by atoms with van der Waals surface area (Å²) in [6, 6.07) is 2.02. The molecule has 0 unspecified atom stereocenters. The number of rotatable bonds is 3. The molecular formula is C17H17F3N6O2S. The fourth-order valence-electron chi connectivity index (χ4n) is 3.40. The number of aromatic nitrogens is 2. The molecule has 8 nitrogen and oxygen atoms in total. The standard InChI is InChI=1S/C17H17F3N6O2S/c1-9(17(18,19)20)21-15(27)11-2-3-12-14(22-11)26(10-4-6-25(12)8-10)16(28)23-13-5-7-29-24-13/h2-3,5,7,9-10H,4,6,8H2,1H3,(H,21,27)(H,23,24,28)/t9-,10+/m1/s1. The molecule has 0 radical (unpaired) electrons. The second kappa shape index (κ2) is 7.17. The number of carbonyl (C=O) groups is 2. The number of nitrogens with one attached hydrogen (secondary N) is 2. The van der Waals surface area contributed by atoms with Gasteiger partial charge < -0.3 is 10.2 Å². The van der Waals surface area contributed by atoms with E-state index in [0.717, 1.165) is 13.5 Å². The molecule has 2 aromatic rings. The second-order valence-electron chi connectivity index (χ2n) is 6.85. The number of hydrogen-bond acceptors (Lipinski definition) is 6.